The average Bonchev–Trinajstić information content (AvgIpc) is 2.88. The molecule has 0 aliphatic carbocycles. The minimum atomic E-state index is 0.391. The van der Waals surface area contributed by atoms with Gasteiger partial charge in [0.2, 0.25) is 0 Å². The van der Waals surface area contributed by atoms with Crippen molar-refractivity contribution in [2.24, 2.45) is 0 Å². The number of benzene rings is 1. The Morgan fingerprint density at radius 1 is 1.33 bits per heavy atom. The van der Waals surface area contributed by atoms with Gasteiger partial charge in [0.05, 0.1) is 28.5 Å². The number of aromatic nitrogens is 2. The Bertz CT molecular complexity index is 637. The summed E-state index contributed by atoms with van der Waals surface area (Å²) >= 11 is 6.01. The van der Waals surface area contributed by atoms with E-state index in [1.165, 1.54) is 0 Å². The van der Waals surface area contributed by atoms with Gasteiger partial charge in [0.1, 0.15) is 5.82 Å². The Kier molecular flexibility index (Phi) is 5.60. The lowest BCUT2D eigenvalue weighted by Gasteiger charge is -2.18. The molecule has 0 aliphatic heterocycles. The zero-order valence-corrected chi connectivity index (χ0v) is 13.4. The lowest BCUT2D eigenvalue weighted by Crippen LogP contribution is -2.25. The fraction of sp³-hybridized carbons (Fsp3) is 0.500. The van der Waals surface area contributed by atoms with E-state index < -0.39 is 0 Å². The molecule has 4 nitrogen and oxygen atoms in total. The molecule has 0 radical (unpaired) electrons. The predicted molar refractivity (Wildman–Crippen MR) is 86.4 cm³/mol. The van der Waals surface area contributed by atoms with E-state index in [9.17, 15) is 0 Å². The lowest BCUT2D eigenvalue weighted by atomic mass is 10.2. The maximum atomic E-state index is 9.05. The molecule has 2 aromatic rings. The summed E-state index contributed by atoms with van der Waals surface area (Å²) in [6.07, 6.45) is 1.05. The molecule has 0 N–H and O–H groups in total. The zero-order valence-electron chi connectivity index (χ0n) is 12.6. The number of halogens is 1. The second kappa shape index (κ2) is 7.44. The predicted octanol–water partition coefficient (Wildman–Crippen LogP) is 3.38. The first-order chi connectivity index (χ1) is 10.2. The fourth-order valence-corrected chi connectivity index (χ4v) is 2.79. The Balaban J connectivity index is 2.22. The highest BCUT2D eigenvalue weighted by molar-refractivity contribution is 6.16. The van der Waals surface area contributed by atoms with E-state index in [4.69, 9.17) is 16.9 Å². The molecule has 0 atom stereocenters. The number of imidazole rings is 1. The van der Waals surface area contributed by atoms with Gasteiger partial charge in [0.25, 0.3) is 0 Å². The van der Waals surface area contributed by atoms with Gasteiger partial charge in [-0.1, -0.05) is 13.8 Å². The minimum absolute atomic E-state index is 0.391. The molecule has 0 saturated carbocycles. The first-order valence-electron chi connectivity index (χ1n) is 7.41. The third-order valence-electron chi connectivity index (χ3n) is 3.83. The van der Waals surface area contributed by atoms with Crippen molar-refractivity contribution in [3.8, 4) is 6.07 Å². The van der Waals surface area contributed by atoms with Gasteiger partial charge in [-0.05, 0) is 44.3 Å². The molecule has 2 rings (SSSR count). The number of rotatable bonds is 7. The van der Waals surface area contributed by atoms with E-state index in [1.807, 2.05) is 12.1 Å². The van der Waals surface area contributed by atoms with E-state index in [0.29, 0.717) is 11.4 Å². The van der Waals surface area contributed by atoms with Crippen LogP contribution >= 0.6 is 11.6 Å². The van der Waals surface area contributed by atoms with Crippen molar-refractivity contribution in [2.75, 3.05) is 19.6 Å². The minimum Gasteiger partial charge on any atom is -0.327 e. The van der Waals surface area contributed by atoms with Crippen LogP contribution in [0.3, 0.4) is 0 Å². The van der Waals surface area contributed by atoms with E-state index in [1.54, 1.807) is 6.07 Å². The molecule has 21 heavy (non-hydrogen) atoms. The molecule has 0 fully saturated rings. The first-order valence-corrected chi connectivity index (χ1v) is 7.94. The van der Waals surface area contributed by atoms with Crippen LogP contribution in [-0.2, 0) is 12.4 Å². The molecule has 5 heteroatoms. The molecule has 1 heterocycles. The number of alkyl halides is 1. The van der Waals surface area contributed by atoms with Crippen LogP contribution in [0.2, 0.25) is 0 Å². The number of nitriles is 1. The van der Waals surface area contributed by atoms with Crippen molar-refractivity contribution >= 4 is 22.6 Å². The second-order valence-electron chi connectivity index (χ2n) is 5.01. The van der Waals surface area contributed by atoms with Crippen LogP contribution < -0.4 is 0 Å². The van der Waals surface area contributed by atoms with Crippen molar-refractivity contribution < 1.29 is 0 Å². The molecule has 0 spiro atoms. The Labute approximate surface area is 130 Å². The molecule has 1 aromatic heterocycles. The van der Waals surface area contributed by atoms with Crippen molar-refractivity contribution in [1.29, 1.82) is 5.26 Å². The Hall–Kier alpha value is -1.57. The van der Waals surface area contributed by atoms with Crippen molar-refractivity contribution in [3.05, 3.63) is 29.6 Å². The number of fused-ring (bicyclic) bond motifs is 1. The van der Waals surface area contributed by atoms with Crippen LogP contribution in [0.4, 0.5) is 0 Å². The lowest BCUT2D eigenvalue weighted by molar-refractivity contribution is 0.293. The monoisotopic (exact) mass is 304 g/mol. The van der Waals surface area contributed by atoms with Crippen molar-refractivity contribution in [1.82, 2.24) is 14.5 Å². The molecule has 112 valence electrons. The molecular formula is C16H21ClN4. The number of hydrogen-bond donors (Lipinski definition) is 0. The summed E-state index contributed by atoms with van der Waals surface area (Å²) in [4.78, 5) is 6.96. The molecule has 1 aromatic carbocycles. The normalized spacial score (nSPS) is 11.2. The Morgan fingerprint density at radius 2 is 2.10 bits per heavy atom. The molecule has 0 saturated heterocycles. The van der Waals surface area contributed by atoms with Crippen LogP contribution in [-0.4, -0.2) is 34.1 Å². The Morgan fingerprint density at radius 3 is 2.71 bits per heavy atom. The van der Waals surface area contributed by atoms with E-state index in [0.717, 1.165) is 49.5 Å². The largest absolute Gasteiger partial charge is 0.327 e. The summed E-state index contributed by atoms with van der Waals surface area (Å²) in [5.74, 6) is 1.27. The van der Waals surface area contributed by atoms with Gasteiger partial charge < -0.3 is 9.47 Å². The smallest absolute Gasteiger partial charge is 0.124 e. The van der Waals surface area contributed by atoms with Gasteiger partial charge in [0, 0.05) is 6.54 Å². The zero-order chi connectivity index (χ0) is 15.2. The van der Waals surface area contributed by atoms with Crippen LogP contribution in [0.25, 0.3) is 11.0 Å². The first kappa shape index (κ1) is 15.8. The quantitative estimate of drug-likeness (QED) is 0.737. The van der Waals surface area contributed by atoms with Crippen molar-refractivity contribution in [3.63, 3.8) is 0 Å². The maximum Gasteiger partial charge on any atom is 0.124 e. The van der Waals surface area contributed by atoms with Gasteiger partial charge in [-0.25, -0.2) is 4.98 Å². The standard InChI is InChI=1S/C16H21ClN4/c1-3-20(4-2)8-5-9-21-15-10-13(12-18)6-7-14(15)19-16(21)11-17/h6-7,10H,3-5,8-9,11H2,1-2H3. The second-order valence-corrected chi connectivity index (χ2v) is 5.28. The summed E-state index contributed by atoms with van der Waals surface area (Å²) in [6.45, 7) is 8.44. The van der Waals surface area contributed by atoms with Crippen LogP contribution in [0, 0.1) is 11.3 Å². The highest BCUT2D eigenvalue weighted by Crippen LogP contribution is 2.19. The maximum absolute atomic E-state index is 9.05. The van der Waals surface area contributed by atoms with Gasteiger partial charge in [0.15, 0.2) is 0 Å². The van der Waals surface area contributed by atoms with Gasteiger partial charge in [-0.3, -0.25) is 0 Å². The highest BCUT2D eigenvalue weighted by Gasteiger charge is 2.11. The number of nitrogens with zero attached hydrogens (tertiary/aromatic N) is 4. The van der Waals surface area contributed by atoms with E-state index in [2.05, 4.69) is 34.4 Å². The average molecular weight is 305 g/mol. The summed E-state index contributed by atoms with van der Waals surface area (Å²) < 4.78 is 2.15. The summed E-state index contributed by atoms with van der Waals surface area (Å²) in [5.41, 5.74) is 2.57. The third-order valence-corrected chi connectivity index (χ3v) is 4.07. The summed E-state index contributed by atoms with van der Waals surface area (Å²) in [7, 11) is 0. The molecule has 0 aliphatic rings. The topological polar surface area (TPSA) is 44.9 Å². The van der Waals surface area contributed by atoms with E-state index in [-0.39, 0.29) is 0 Å². The van der Waals surface area contributed by atoms with Gasteiger partial charge in [-0.2, -0.15) is 5.26 Å². The molecular weight excluding hydrogens is 284 g/mol. The number of hydrogen-bond acceptors (Lipinski definition) is 3. The number of aryl methyl sites for hydroxylation is 1. The van der Waals surface area contributed by atoms with Crippen molar-refractivity contribution in [2.45, 2.75) is 32.7 Å². The third kappa shape index (κ3) is 3.55. The highest BCUT2D eigenvalue weighted by atomic mass is 35.5. The summed E-state index contributed by atoms with van der Waals surface area (Å²) in [6, 6.07) is 7.78. The van der Waals surface area contributed by atoms with Crippen LogP contribution in [0.5, 0.6) is 0 Å². The molecule has 0 unspecified atom stereocenters. The van der Waals surface area contributed by atoms with Gasteiger partial charge in [-0.15, -0.1) is 11.6 Å². The SMILES string of the molecule is CCN(CC)CCCn1c(CCl)nc2ccc(C#N)cc21. The summed E-state index contributed by atoms with van der Waals surface area (Å²) in [5, 5.41) is 9.05. The fourth-order valence-electron chi connectivity index (χ4n) is 2.59. The van der Waals surface area contributed by atoms with Gasteiger partial charge >= 0.3 is 0 Å². The van der Waals surface area contributed by atoms with Crippen LogP contribution in [0.15, 0.2) is 18.2 Å². The van der Waals surface area contributed by atoms with Crippen LogP contribution in [0.1, 0.15) is 31.7 Å². The van der Waals surface area contributed by atoms with E-state index >= 15 is 0 Å². The molecule has 0 bridgehead atoms. The molecule has 0 amide bonds.